The van der Waals surface area contributed by atoms with E-state index in [0.717, 1.165) is 42.6 Å². The van der Waals surface area contributed by atoms with Gasteiger partial charge in [-0.25, -0.2) is 4.39 Å². The molecule has 4 nitrogen and oxygen atoms in total. The molecule has 0 bridgehead atoms. The van der Waals surface area contributed by atoms with E-state index in [1.165, 1.54) is 17.2 Å². The zero-order chi connectivity index (χ0) is 25.6. The topological polar surface area (TPSA) is 53.2 Å². The fraction of sp³-hybridized carbons (Fsp3) is 0.367. The molecule has 0 amide bonds. The molecule has 0 aliphatic rings. The number of rotatable bonds is 11. The van der Waals surface area contributed by atoms with Gasteiger partial charge in [0.2, 0.25) is 0 Å². The van der Waals surface area contributed by atoms with Crippen LogP contribution in [0.5, 0.6) is 0 Å². The Morgan fingerprint density at radius 1 is 1.00 bits per heavy atom. The number of hydrogen-bond acceptors (Lipinski definition) is 4. The van der Waals surface area contributed by atoms with Crippen LogP contribution in [0.15, 0.2) is 90.8 Å². The van der Waals surface area contributed by atoms with E-state index in [1.807, 2.05) is 68.7 Å². The van der Waals surface area contributed by atoms with Crippen LogP contribution in [-0.2, 0) is 6.42 Å². The van der Waals surface area contributed by atoms with Gasteiger partial charge in [-0.3, -0.25) is 4.79 Å². The number of carbonyl (C=O) groups excluding carboxylic acids is 1. The lowest BCUT2D eigenvalue weighted by Crippen LogP contribution is -2.18. The first-order valence-electron chi connectivity index (χ1n) is 11.6. The van der Waals surface area contributed by atoms with E-state index >= 15 is 0 Å². The van der Waals surface area contributed by atoms with E-state index in [1.54, 1.807) is 7.05 Å². The molecular formula is C30H46FN3O. The van der Waals surface area contributed by atoms with Gasteiger partial charge in [0.1, 0.15) is 13.0 Å². The number of alkyl halides is 1. The Balaban J connectivity index is 0. The van der Waals surface area contributed by atoms with Gasteiger partial charge in [0.05, 0.1) is 0 Å². The highest BCUT2D eigenvalue weighted by Gasteiger charge is 1.97. The van der Waals surface area contributed by atoms with Crippen molar-refractivity contribution in [3.05, 3.63) is 107 Å². The summed E-state index contributed by atoms with van der Waals surface area (Å²) >= 11 is 0. The van der Waals surface area contributed by atoms with Crippen LogP contribution in [0.3, 0.4) is 0 Å². The summed E-state index contributed by atoms with van der Waals surface area (Å²) in [4.78, 5) is 10.5. The van der Waals surface area contributed by atoms with Gasteiger partial charge >= 0.3 is 0 Å². The summed E-state index contributed by atoms with van der Waals surface area (Å²) in [6.45, 7) is 8.68. The van der Waals surface area contributed by atoms with Crippen LogP contribution in [0.4, 0.5) is 4.39 Å². The molecule has 1 atom stereocenters. The van der Waals surface area contributed by atoms with E-state index in [2.05, 4.69) is 48.5 Å². The number of nitrogens with one attached hydrogen (secondary N) is 3. The van der Waals surface area contributed by atoms with Crippen molar-refractivity contribution in [2.24, 2.45) is 5.92 Å². The molecule has 0 spiro atoms. The molecule has 0 aliphatic heterocycles. The minimum atomic E-state index is -0.465. The number of carbonyl (C=O) groups is 1. The number of allylic oxidation sites excluding steroid dienone is 3. The molecule has 35 heavy (non-hydrogen) atoms. The molecule has 0 radical (unpaired) electrons. The molecule has 5 heteroatoms. The lowest BCUT2D eigenvalue weighted by molar-refractivity contribution is 0.112. The monoisotopic (exact) mass is 483 g/mol. The number of hydrogen-bond donors (Lipinski definition) is 3. The molecule has 2 aromatic rings. The summed E-state index contributed by atoms with van der Waals surface area (Å²) in [5, 5.41) is 8.87. The fourth-order valence-electron chi connectivity index (χ4n) is 2.58. The van der Waals surface area contributed by atoms with Crippen LogP contribution in [-0.4, -0.2) is 40.6 Å². The highest BCUT2D eigenvalue weighted by molar-refractivity contribution is 5.74. The largest absolute Gasteiger partial charge is 0.388 e. The number of aldehydes is 1. The van der Waals surface area contributed by atoms with Gasteiger partial charge in [0, 0.05) is 30.5 Å². The normalized spacial score (nSPS) is 11.1. The van der Waals surface area contributed by atoms with E-state index in [-0.39, 0.29) is 7.43 Å². The average Bonchev–Trinajstić information content (AvgIpc) is 2.87. The molecule has 0 aromatic heterocycles. The van der Waals surface area contributed by atoms with Gasteiger partial charge < -0.3 is 16.0 Å². The predicted octanol–water partition coefficient (Wildman–Crippen LogP) is 6.33. The third-order valence-corrected chi connectivity index (χ3v) is 4.79. The van der Waals surface area contributed by atoms with E-state index in [4.69, 9.17) is 0 Å². The first kappa shape index (κ1) is 34.0. The van der Waals surface area contributed by atoms with Crippen molar-refractivity contribution in [1.29, 1.82) is 0 Å². The third kappa shape index (κ3) is 17.9. The van der Waals surface area contributed by atoms with Crippen molar-refractivity contribution in [2.45, 2.75) is 34.1 Å². The summed E-state index contributed by atoms with van der Waals surface area (Å²) in [7, 11) is 5.52. The molecule has 2 rings (SSSR count). The van der Waals surface area contributed by atoms with E-state index < -0.39 is 6.67 Å². The minimum absolute atomic E-state index is 0. The maximum absolute atomic E-state index is 12.1. The molecule has 0 saturated heterocycles. The quantitative estimate of drug-likeness (QED) is 0.258. The van der Waals surface area contributed by atoms with Crippen molar-refractivity contribution < 1.29 is 9.18 Å². The van der Waals surface area contributed by atoms with E-state index in [9.17, 15) is 9.18 Å². The molecule has 0 heterocycles. The highest BCUT2D eigenvalue weighted by Crippen LogP contribution is 2.09. The van der Waals surface area contributed by atoms with Gasteiger partial charge in [-0.15, -0.1) is 0 Å². The summed E-state index contributed by atoms with van der Waals surface area (Å²) in [6.07, 6.45) is 8.07. The van der Waals surface area contributed by atoms with Gasteiger partial charge in [0.25, 0.3) is 0 Å². The Labute approximate surface area is 213 Å². The zero-order valence-electron chi connectivity index (χ0n) is 21.4. The average molecular weight is 484 g/mol. The van der Waals surface area contributed by atoms with Gasteiger partial charge in [0.15, 0.2) is 0 Å². The Hall–Kier alpha value is -3.18. The SMILES string of the molecule is C.C=C(/C=C\C(=C/CF)NC)NCC(C)CC.CNC.O=Cc1ccc(Cc2ccccc2)cc1. The van der Waals surface area contributed by atoms with Gasteiger partial charge in [-0.1, -0.05) is 88.9 Å². The Morgan fingerprint density at radius 2 is 1.57 bits per heavy atom. The second-order valence-corrected chi connectivity index (χ2v) is 7.84. The second kappa shape index (κ2) is 22.6. The van der Waals surface area contributed by atoms with Gasteiger partial charge in [-0.2, -0.15) is 0 Å². The minimum Gasteiger partial charge on any atom is -0.388 e. The molecule has 0 fully saturated rings. The zero-order valence-corrected chi connectivity index (χ0v) is 21.4. The highest BCUT2D eigenvalue weighted by atomic mass is 19.1. The number of benzene rings is 2. The third-order valence-electron chi connectivity index (χ3n) is 4.79. The number of likely N-dealkylation sites (N-methyl/N-ethyl adjacent to an activating group) is 1. The molecule has 0 saturated carbocycles. The summed E-state index contributed by atoms with van der Waals surface area (Å²) in [5.41, 5.74) is 4.85. The van der Waals surface area contributed by atoms with Crippen LogP contribution in [0.2, 0.25) is 0 Å². The Bertz CT molecular complexity index is 846. The standard InChI is InChI=1S/C14H12O.C13H23FN2.C2H7N.CH4/c15-11-14-8-6-13(7-9-14)10-12-4-2-1-3-5-12;1-5-11(2)10-16-12(3)6-7-13(15-4)8-9-14;1-3-2;/h1-9,11H,10H2;6-8,11,15-16H,3,5,9-10H2,1-2,4H3;3H,1-2H3;1H4/b;7-6-,13-8+;;. The lowest BCUT2D eigenvalue weighted by atomic mass is 10.0. The molecule has 194 valence electrons. The van der Waals surface area contributed by atoms with Crippen molar-refractivity contribution in [3.8, 4) is 0 Å². The fourth-order valence-corrected chi connectivity index (χ4v) is 2.58. The van der Waals surface area contributed by atoms with Crippen LogP contribution < -0.4 is 16.0 Å². The summed E-state index contributed by atoms with van der Waals surface area (Å²) in [5.74, 6) is 0.635. The molecule has 1 unspecified atom stereocenters. The first-order chi connectivity index (χ1) is 16.4. The maximum Gasteiger partial charge on any atom is 0.150 e. The Morgan fingerprint density at radius 3 is 2.06 bits per heavy atom. The van der Waals surface area contributed by atoms with E-state index in [0.29, 0.717) is 5.92 Å². The molecule has 3 N–H and O–H groups in total. The lowest BCUT2D eigenvalue weighted by Gasteiger charge is -2.11. The van der Waals surface area contributed by atoms with Crippen LogP contribution >= 0.6 is 0 Å². The molecule has 0 aliphatic carbocycles. The first-order valence-corrected chi connectivity index (χ1v) is 11.6. The second-order valence-electron chi connectivity index (χ2n) is 7.84. The summed E-state index contributed by atoms with van der Waals surface area (Å²) in [6, 6.07) is 18.0. The van der Waals surface area contributed by atoms with Crippen molar-refractivity contribution >= 4 is 6.29 Å². The summed E-state index contributed by atoms with van der Waals surface area (Å²) < 4.78 is 12.1. The van der Waals surface area contributed by atoms with Crippen molar-refractivity contribution in [3.63, 3.8) is 0 Å². The van der Waals surface area contributed by atoms with Gasteiger partial charge in [-0.05, 0) is 55.8 Å². The van der Waals surface area contributed by atoms with Crippen molar-refractivity contribution in [2.75, 3.05) is 34.4 Å². The maximum atomic E-state index is 12.1. The van der Waals surface area contributed by atoms with Crippen LogP contribution in [0.1, 0.15) is 49.2 Å². The molecule has 2 aromatic carbocycles. The van der Waals surface area contributed by atoms with Crippen molar-refractivity contribution in [1.82, 2.24) is 16.0 Å². The smallest absolute Gasteiger partial charge is 0.150 e. The van der Waals surface area contributed by atoms with Crippen LogP contribution in [0, 0.1) is 5.92 Å². The molecular weight excluding hydrogens is 437 g/mol. The van der Waals surface area contributed by atoms with Crippen LogP contribution in [0.25, 0.3) is 0 Å². The predicted molar refractivity (Wildman–Crippen MR) is 152 cm³/mol. The number of halogens is 1. The Kier molecular flexibility index (Phi) is 22.0.